The predicted octanol–water partition coefficient (Wildman–Crippen LogP) is 3.17. The summed E-state index contributed by atoms with van der Waals surface area (Å²) in [6.45, 7) is 0. The van der Waals surface area contributed by atoms with Crippen molar-refractivity contribution in [3.05, 3.63) is 58.3 Å². The normalized spacial score (nSPS) is 11.2. The number of anilines is 1. The van der Waals surface area contributed by atoms with Crippen molar-refractivity contribution < 1.29 is 17.6 Å². The Morgan fingerprint density at radius 3 is 2.41 bits per heavy atom. The minimum absolute atomic E-state index is 0.0483. The second-order valence-electron chi connectivity index (χ2n) is 4.77. The van der Waals surface area contributed by atoms with E-state index in [4.69, 9.17) is 0 Å². The van der Waals surface area contributed by atoms with Crippen molar-refractivity contribution in [2.75, 3.05) is 11.6 Å². The van der Waals surface area contributed by atoms with Crippen molar-refractivity contribution in [2.24, 2.45) is 0 Å². The van der Waals surface area contributed by atoms with Gasteiger partial charge in [0.15, 0.2) is 9.84 Å². The third-order valence-electron chi connectivity index (χ3n) is 2.92. The highest BCUT2D eigenvalue weighted by molar-refractivity contribution is 9.10. The molecule has 116 valence electrons. The standard InChI is InChI=1S/C15H13BrFNO3S/c1-22(20,21)12-6-7-13(17)14(9-12)18-15(19)8-10-2-4-11(16)5-3-10/h2-7,9H,8H2,1H3,(H,18,19). The van der Waals surface area contributed by atoms with Crippen LogP contribution >= 0.6 is 15.9 Å². The van der Waals surface area contributed by atoms with Crippen molar-refractivity contribution in [3.8, 4) is 0 Å². The Kier molecular flexibility index (Phi) is 4.97. The fourth-order valence-corrected chi connectivity index (χ4v) is 2.72. The van der Waals surface area contributed by atoms with E-state index in [0.29, 0.717) is 0 Å². The molecule has 1 amide bonds. The number of halogens is 2. The molecule has 0 spiro atoms. The Hall–Kier alpha value is -1.73. The van der Waals surface area contributed by atoms with Gasteiger partial charge in [-0.1, -0.05) is 28.1 Å². The summed E-state index contributed by atoms with van der Waals surface area (Å²) in [6, 6.07) is 10.4. The molecule has 0 saturated carbocycles. The van der Waals surface area contributed by atoms with Crippen molar-refractivity contribution in [1.29, 1.82) is 0 Å². The molecule has 4 nitrogen and oxygen atoms in total. The van der Waals surface area contributed by atoms with Gasteiger partial charge in [0.1, 0.15) is 5.82 Å². The van der Waals surface area contributed by atoms with Crippen molar-refractivity contribution in [3.63, 3.8) is 0 Å². The van der Waals surface area contributed by atoms with Gasteiger partial charge in [0.05, 0.1) is 17.0 Å². The van der Waals surface area contributed by atoms with Crippen LogP contribution in [0.1, 0.15) is 5.56 Å². The minimum atomic E-state index is -3.46. The van der Waals surface area contributed by atoms with Gasteiger partial charge < -0.3 is 5.32 Å². The fourth-order valence-electron chi connectivity index (χ4n) is 1.81. The van der Waals surface area contributed by atoms with Gasteiger partial charge in [0.25, 0.3) is 0 Å². The predicted molar refractivity (Wildman–Crippen MR) is 86.0 cm³/mol. The van der Waals surface area contributed by atoms with Gasteiger partial charge in [0.2, 0.25) is 5.91 Å². The van der Waals surface area contributed by atoms with E-state index in [1.807, 2.05) is 0 Å². The lowest BCUT2D eigenvalue weighted by atomic mass is 10.1. The Morgan fingerprint density at radius 1 is 1.18 bits per heavy atom. The number of hydrogen-bond donors (Lipinski definition) is 1. The number of nitrogens with one attached hydrogen (secondary N) is 1. The summed E-state index contributed by atoms with van der Waals surface area (Å²) >= 11 is 3.29. The smallest absolute Gasteiger partial charge is 0.228 e. The van der Waals surface area contributed by atoms with Crippen molar-refractivity contribution in [2.45, 2.75) is 11.3 Å². The summed E-state index contributed by atoms with van der Waals surface area (Å²) < 4.78 is 37.5. The van der Waals surface area contributed by atoms with Crippen molar-refractivity contribution in [1.82, 2.24) is 0 Å². The third-order valence-corrected chi connectivity index (χ3v) is 4.56. The molecule has 0 aliphatic carbocycles. The lowest BCUT2D eigenvalue weighted by Crippen LogP contribution is -2.15. The Balaban J connectivity index is 2.16. The molecule has 0 radical (unpaired) electrons. The SMILES string of the molecule is CS(=O)(=O)c1ccc(F)c(NC(=O)Cc2ccc(Br)cc2)c1. The van der Waals surface area contributed by atoms with Crippen LogP contribution in [0.25, 0.3) is 0 Å². The van der Waals surface area contributed by atoms with Crippen LogP contribution in [0.5, 0.6) is 0 Å². The second kappa shape index (κ2) is 6.58. The molecule has 0 fully saturated rings. The van der Waals surface area contributed by atoms with Crippen LogP contribution in [0.4, 0.5) is 10.1 Å². The van der Waals surface area contributed by atoms with Gasteiger partial charge in [0, 0.05) is 10.7 Å². The Bertz CT molecular complexity index is 804. The van der Waals surface area contributed by atoms with Gasteiger partial charge >= 0.3 is 0 Å². The highest BCUT2D eigenvalue weighted by atomic mass is 79.9. The first-order valence-corrected chi connectivity index (χ1v) is 8.98. The van der Waals surface area contributed by atoms with E-state index in [2.05, 4.69) is 21.2 Å². The van der Waals surface area contributed by atoms with E-state index in [1.54, 1.807) is 24.3 Å². The van der Waals surface area contributed by atoms with Gasteiger partial charge in [-0.15, -0.1) is 0 Å². The molecule has 2 rings (SSSR count). The lowest BCUT2D eigenvalue weighted by Gasteiger charge is -2.08. The van der Waals surface area contributed by atoms with Crippen LogP contribution < -0.4 is 5.32 Å². The molecule has 0 bridgehead atoms. The fraction of sp³-hybridized carbons (Fsp3) is 0.133. The maximum Gasteiger partial charge on any atom is 0.228 e. The first-order valence-electron chi connectivity index (χ1n) is 6.29. The summed E-state index contributed by atoms with van der Waals surface area (Å²) in [5.74, 6) is -1.11. The molecule has 2 aromatic rings. The van der Waals surface area contributed by atoms with E-state index >= 15 is 0 Å². The van der Waals surface area contributed by atoms with Gasteiger partial charge in [-0.05, 0) is 35.9 Å². The largest absolute Gasteiger partial charge is 0.323 e. The zero-order valence-electron chi connectivity index (χ0n) is 11.6. The molecule has 0 aliphatic heterocycles. The van der Waals surface area contributed by atoms with Crippen molar-refractivity contribution >= 4 is 37.4 Å². The van der Waals surface area contributed by atoms with Crippen LogP contribution in [0, 0.1) is 5.82 Å². The highest BCUT2D eigenvalue weighted by Crippen LogP contribution is 2.20. The molecule has 0 atom stereocenters. The molecule has 0 saturated heterocycles. The van der Waals surface area contributed by atoms with Crippen LogP contribution in [-0.4, -0.2) is 20.6 Å². The topological polar surface area (TPSA) is 63.2 Å². The average molecular weight is 386 g/mol. The first-order chi connectivity index (χ1) is 10.3. The van der Waals surface area contributed by atoms with Crippen LogP contribution in [0.2, 0.25) is 0 Å². The number of sulfone groups is 1. The Labute approximate surface area is 136 Å². The number of amides is 1. The van der Waals surface area contributed by atoms with Gasteiger partial charge in [-0.2, -0.15) is 0 Å². The molecule has 0 unspecified atom stereocenters. The van der Waals surface area contributed by atoms with E-state index in [9.17, 15) is 17.6 Å². The van der Waals surface area contributed by atoms with Crippen LogP contribution in [0.15, 0.2) is 51.8 Å². The first kappa shape index (κ1) is 16.6. The van der Waals surface area contributed by atoms with Gasteiger partial charge in [-0.3, -0.25) is 4.79 Å². The number of benzene rings is 2. The summed E-state index contributed by atoms with van der Waals surface area (Å²) in [5.41, 5.74) is 0.616. The molecule has 2 aromatic carbocycles. The van der Waals surface area contributed by atoms with Gasteiger partial charge in [-0.25, -0.2) is 12.8 Å². The van der Waals surface area contributed by atoms with E-state index < -0.39 is 21.6 Å². The number of carbonyl (C=O) groups is 1. The molecule has 22 heavy (non-hydrogen) atoms. The van der Waals surface area contributed by atoms with E-state index in [-0.39, 0.29) is 17.0 Å². The molecule has 1 N–H and O–H groups in total. The summed E-state index contributed by atoms with van der Waals surface area (Å²) in [4.78, 5) is 11.9. The van der Waals surface area contributed by atoms with Crippen LogP contribution in [0.3, 0.4) is 0 Å². The quantitative estimate of drug-likeness (QED) is 0.822. The zero-order valence-corrected chi connectivity index (χ0v) is 14.0. The zero-order chi connectivity index (χ0) is 16.3. The highest BCUT2D eigenvalue weighted by Gasteiger charge is 2.13. The number of hydrogen-bond acceptors (Lipinski definition) is 3. The maximum atomic E-state index is 13.7. The molecule has 7 heteroatoms. The molecular formula is C15H13BrFNO3S. The molecular weight excluding hydrogens is 373 g/mol. The number of rotatable bonds is 4. The summed E-state index contributed by atoms with van der Waals surface area (Å²) in [7, 11) is -3.46. The average Bonchev–Trinajstić information content (AvgIpc) is 2.42. The second-order valence-corrected chi connectivity index (χ2v) is 7.70. The summed E-state index contributed by atoms with van der Waals surface area (Å²) in [5, 5.41) is 2.40. The lowest BCUT2D eigenvalue weighted by molar-refractivity contribution is -0.115. The maximum absolute atomic E-state index is 13.7. The van der Waals surface area contributed by atoms with E-state index in [0.717, 1.165) is 34.5 Å². The molecule has 0 aliphatic rings. The summed E-state index contributed by atoms with van der Waals surface area (Å²) in [6.07, 6.45) is 1.09. The Morgan fingerprint density at radius 2 is 1.82 bits per heavy atom. The minimum Gasteiger partial charge on any atom is -0.323 e. The molecule has 0 aromatic heterocycles. The number of carbonyl (C=O) groups excluding carboxylic acids is 1. The van der Waals surface area contributed by atoms with E-state index in [1.165, 1.54) is 0 Å². The molecule has 0 heterocycles. The monoisotopic (exact) mass is 385 g/mol. The third kappa shape index (κ3) is 4.38. The van der Waals surface area contributed by atoms with Crippen LogP contribution in [-0.2, 0) is 21.1 Å².